The number of rotatable bonds is 5. The molecule has 2 heterocycles. The zero-order valence-corrected chi connectivity index (χ0v) is 14.1. The van der Waals surface area contributed by atoms with Crippen LogP contribution in [0.25, 0.3) is 11.3 Å². The molecular weight excluding hydrogens is 356 g/mol. The van der Waals surface area contributed by atoms with Crippen molar-refractivity contribution in [2.75, 3.05) is 0 Å². The van der Waals surface area contributed by atoms with Crippen molar-refractivity contribution in [2.45, 2.75) is 10.8 Å². The summed E-state index contributed by atoms with van der Waals surface area (Å²) in [5, 5.41) is 22.9. The van der Waals surface area contributed by atoms with Crippen LogP contribution in [-0.4, -0.2) is 23.6 Å². The fraction of sp³-hybridized carbons (Fsp3) is 0.0714. The second-order valence-electron chi connectivity index (χ2n) is 4.59. The minimum absolute atomic E-state index is 0.0922. The Morgan fingerprint density at radius 3 is 2.65 bits per heavy atom. The number of aromatic nitrogens is 1. The van der Waals surface area contributed by atoms with Gasteiger partial charge in [0.05, 0.1) is 12.2 Å². The van der Waals surface area contributed by atoms with E-state index in [4.69, 9.17) is 0 Å². The molecule has 3 N–H and O–H groups in total. The summed E-state index contributed by atoms with van der Waals surface area (Å²) in [6, 6.07) is 7.63. The molecule has 0 spiro atoms. The SMILES string of the molecule is O=S(=O)(NCc1nc(-c2ccc(O)c(O)c2)cs1)c1cccs1. The summed E-state index contributed by atoms with van der Waals surface area (Å²) in [7, 11) is -3.52. The van der Waals surface area contributed by atoms with E-state index in [9.17, 15) is 18.6 Å². The van der Waals surface area contributed by atoms with Gasteiger partial charge in [-0.05, 0) is 29.6 Å². The Labute approximate surface area is 140 Å². The van der Waals surface area contributed by atoms with Crippen LogP contribution in [0, 0.1) is 0 Å². The topological polar surface area (TPSA) is 99.5 Å². The van der Waals surface area contributed by atoms with Crippen LogP contribution in [0.1, 0.15) is 5.01 Å². The Morgan fingerprint density at radius 2 is 1.96 bits per heavy atom. The Hall–Kier alpha value is -1.94. The quantitative estimate of drug-likeness (QED) is 0.601. The molecule has 0 aliphatic carbocycles. The molecule has 3 aromatic rings. The molecule has 23 heavy (non-hydrogen) atoms. The van der Waals surface area contributed by atoms with Crippen molar-refractivity contribution >= 4 is 32.7 Å². The molecule has 9 heteroatoms. The third-order valence-electron chi connectivity index (χ3n) is 3.00. The number of sulfonamides is 1. The number of thiophene rings is 1. The molecule has 0 bridgehead atoms. The van der Waals surface area contributed by atoms with E-state index in [1.54, 1.807) is 29.0 Å². The van der Waals surface area contributed by atoms with Crippen molar-refractivity contribution in [3.63, 3.8) is 0 Å². The number of nitrogens with one attached hydrogen (secondary N) is 1. The van der Waals surface area contributed by atoms with Gasteiger partial charge in [-0.15, -0.1) is 22.7 Å². The number of phenols is 2. The van der Waals surface area contributed by atoms with Gasteiger partial charge in [-0.1, -0.05) is 6.07 Å². The Bertz CT molecular complexity index is 917. The smallest absolute Gasteiger partial charge is 0.250 e. The summed E-state index contributed by atoms with van der Waals surface area (Å²) >= 11 is 2.46. The van der Waals surface area contributed by atoms with Gasteiger partial charge < -0.3 is 10.2 Å². The lowest BCUT2D eigenvalue weighted by atomic mass is 10.1. The number of hydrogen-bond donors (Lipinski definition) is 3. The third-order valence-corrected chi connectivity index (χ3v) is 6.64. The minimum Gasteiger partial charge on any atom is -0.504 e. The van der Waals surface area contributed by atoms with E-state index < -0.39 is 10.0 Å². The maximum atomic E-state index is 12.0. The van der Waals surface area contributed by atoms with E-state index in [1.165, 1.54) is 23.5 Å². The molecular formula is C14H12N2O4S3. The largest absolute Gasteiger partial charge is 0.504 e. The van der Waals surface area contributed by atoms with Crippen LogP contribution in [0.5, 0.6) is 11.5 Å². The molecule has 0 atom stereocenters. The van der Waals surface area contributed by atoms with Gasteiger partial charge in [0.1, 0.15) is 9.22 Å². The van der Waals surface area contributed by atoms with Crippen molar-refractivity contribution in [3.8, 4) is 22.8 Å². The lowest BCUT2D eigenvalue weighted by Gasteiger charge is -2.02. The minimum atomic E-state index is -3.52. The first-order valence-electron chi connectivity index (χ1n) is 6.45. The van der Waals surface area contributed by atoms with E-state index in [0.29, 0.717) is 16.3 Å². The summed E-state index contributed by atoms with van der Waals surface area (Å²) in [6.45, 7) is 0.0922. The molecule has 2 aromatic heterocycles. The summed E-state index contributed by atoms with van der Waals surface area (Å²) in [4.78, 5) is 4.34. The zero-order valence-electron chi connectivity index (χ0n) is 11.6. The molecule has 1 aromatic carbocycles. The van der Waals surface area contributed by atoms with Gasteiger partial charge >= 0.3 is 0 Å². The second-order valence-corrected chi connectivity index (χ2v) is 8.47. The summed E-state index contributed by atoms with van der Waals surface area (Å²) in [5.74, 6) is -0.427. The maximum Gasteiger partial charge on any atom is 0.250 e. The molecule has 0 saturated carbocycles. The molecule has 0 fully saturated rings. The van der Waals surface area contributed by atoms with E-state index in [1.807, 2.05) is 0 Å². The molecule has 0 aliphatic rings. The van der Waals surface area contributed by atoms with Crippen molar-refractivity contribution in [1.29, 1.82) is 0 Å². The highest BCUT2D eigenvalue weighted by molar-refractivity contribution is 7.91. The van der Waals surface area contributed by atoms with Gasteiger partial charge in [-0.3, -0.25) is 0 Å². The lowest BCUT2D eigenvalue weighted by molar-refractivity contribution is 0.404. The Kier molecular flexibility index (Phi) is 4.35. The average Bonchev–Trinajstić information content (AvgIpc) is 3.19. The highest BCUT2D eigenvalue weighted by Crippen LogP contribution is 2.31. The van der Waals surface area contributed by atoms with E-state index >= 15 is 0 Å². The van der Waals surface area contributed by atoms with E-state index in [2.05, 4.69) is 9.71 Å². The molecule has 6 nitrogen and oxygen atoms in total. The highest BCUT2D eigenvalue weighted by atomic mass is 32.2. The lowest BCUT2D eigenvalue weighted by Crippen LogP contribution is -2.22. The van der Waals surface area contributed by atoms with Crippen LogP contribution in [0.2, 0.25) is 0 Å². The van der Waals surface area contributed by atoms with Crippen LogP contribution in [0.4, 0.5) is 0 Å². The highest BCUT2D eigenvalue weighted by Gasteiger charge is 2.16. The normalized spacial score (nSPS) is 11.7. The molecule has 0 amide bonds. The van der Waals surface area contributed by atoms with Gasteiger partial charge in [0.2, 0.25) is 10.0 Å². The van der Waals surface area contributed by atoms with E-state index in [-0.39, 0.29) is 22.3 Å². The standard InChI is InChI=1S/C14H12N2O4S3/c17-11-4-3-9(6-12(11)18)10-8-22-13(16-10)7-15-23(19,20)14-2-1-5-21-14/h1-6,8,15,17-18H,7H2. The molecule has 0 saturated heterocycles. The van der Waals surface area contributed by atoms with Crippen molar-refractivity contribution in [2.24, 2.45) is 0 Å². The summed E-state index contributed by atoms with van der Waals surface area (Å²) < 4.78 is 26.8. The first-order valence-corrected chi connectivity index (χ1v) is 9.70. The van der Waals surface area contributed by atoms with Crippen molar-refractivity contribution in [1.82, 2.24) is 9.71 Å². The monoisotopic (exact) mass is 368 g/mol. The predicted molar refractivity (Wildman–Crippen MR) is 89.2 cm³/mol. The van der Waals surface area contributed by atoms with Gasteiger partial charge in [0, 0.05) is 10.9 Å². The molecule has 0 aliphatic heterocycles. The molecule has 3 rings (SSSR count). The number of nitrogens with zero attached hydrogens (tertiary/aromatic N) is 1. The van der Waals surface area contributed by atoms with Crippen LogP contribution in [0.3, 0.4) is 0 Å². The zero-order chi connectivity index (χ0) is 16.4. The van der Waals surface area contributed by atoms with Gasteiger partial charge in [0.25, 0.3) is 0 Å². The first-order chi connectivity index (χ1) is 11.0. The van der Waals surface area contributed by atoms with Crippen molar-refractivity contribution in [3.05, 3.63) is 46.1 Å². The first kappa shape index (κ1) is 15.9. The van der Waals surface area contributed by atoms with Crippen LogP contribution in [-0.2, 0) is 16.6 Å². The summed E-state index contributed by atoms with van der Waals surface area (Å²) in [5.41, 5.74) is 1.25. The average molecular weight is 368 g/mol. The van der Waals surface area contributed by atoms with Gasteiger partial charge in [0.15, 0.2) is 11.5 Å². The Balaban J connectivity index is 1.74. The second kappa shape index (κ2) is 6.28. The summed E-state index contributed by atoms with van der Waals surface area (Å²) in [6.07, 6.45) is 0. The fourth-order valence-electron chi connectivity index (χ4n) is 1.85. The Morgan fingerprint density at radius 1 is 1.13 bits per heavy atom. The van der Waals surface area contributed by atoms with Gasteiger partial charge in [-0.2, -0.15) is 0 Å². The van der Waals surface area contributed by atoms with Gasteiger partial charge in [-0.25, -0.2) is 18.1 Å². The number of phenolic OH excluding ortho intramolecular Hbond substituents is 2. The predicted octanol–water partition coefficient (Wildman–Crippen LogP) is 2.76. The third kappa shape index (κ3) is 3.53. The van der Waals surface area contributed by atoms with Crippen LogP contribution >= 0.6 is 22.7 Å². The fourth-order valence-corrected chi connectivity index (χ4v) is 4.71. The van der Waals surface area contributed by atoms with E-state index in [0.717, 1.165) is 11.3 Å². The van der Waals surface area contributed by atoms with Crippen molar-refractivity contribution < 1.29 is 18.6 Å². The number of aromatic hydroxyl groups is 2. The number of hydrogen-bond acceptors (Lipinski definition) is 7. The molecule has 0 unspecified atom stereocenters. The number of benzene rings is 1. The molecule has 0 radical (unpaired) electrons. The maximum absolute atomic E-state index is 12.0. The van der Waals surface area contributed by atoms with Crippen LogP contribution < -0.4 is 4.72 Å². The molecule has 120 valence electrons. The van der Waals surface area contributed by atoms with Crippen LogP contribution in [0.15, 0.2) is 45.3 Å². The number of thiazole rings is 1.